The molecule has 0 aromatic rings. The third kappa shape index (κ3) is 8.45. The van der Waals surface area contributed by atoms with E-state index in [1.54, 1.807) is 0 Å². The van der Waals surface area contributed by atoms with Crippen molar-refractivity contribution in [2.45, 2.75) is 92.1 Å². The van der Waals surface area contributed by atoms with Crippen molar-refractivity contribution in [2.75, 3.05) is 0 Å². The van der Waals surface area contributed by atoms with Gasteiger partial charge in [-0.2, -0.15) is 0 Å². The summed E-state index contributed by atoms with van der Waals surface area (Å²) in [6.45, 7) is 19.1. The lowest BCUT2D eigenvalue weighted by Crippen LogP contribution is -2.34. The second-order valence-corrected chi connectivity index (χ2v) is 9.61. The Morgan fingerprint density at radius 3 is 1.24 bits per heavy atom. The molecule has 0 aliphatic carbocycles. The first-order valence-electron chi connectivity index (χ1n) is 7.82. The average molecular weight is 336 g/mol. The molecule has 126 valence electrons. The zero-order chi connectivity index (χ0) is 16.7. The van der Waals surface area contributed by atoms with Gasteiger partial charge in [-0.05, 0) is 72.9 Å². The van der Waals surface area contributed by atoms with Crippen molar-refractivity contribution in [3.8, 4) is 0 Å². The van der Waals surface area contributed by atoms with Crippen LogP contribution in [0.2, 0.25) is 0 Å². The predicted molar refractivity (Wildman–Crippen MR) is 96.4 cm³/mol. The molecule has 0 saturated carbocycles. The fraction of sp³-hybridized carbons (Fsp3) is 0.933. The fourth-order valence-electron chi connectivity index (χ4n) is 2.31. The number of hydrogen-bond donors (Lipinski definition) is 0. The summed E-state index contributed by atoms with van der Waals surface area (Å²) in [7, 11) is 1.01. The molecule has 0 heterocycles. The Hall–Kier alpha value is 0.250. The molecule has 0 amide bonds. The van der Waals surface area contributed by atoms with Crippen LogP contribution >= 0.6 is 17.5 Å². The lowest BCUT2D eigenvalue weighted by atomic mass is 10.3. The molecule has 0 N–H and O–H groups in total. The van der Waals surface area contributed by atoms with Crippen molar-refractivity contribution in [1.29, 1.82) is 0 Å². The third-order valence-electron chi connectivity index (χ3n) is 3.04. The SMILES string of the molecule is CC(=O)OC(PN(C(C)C)C(C)C)PN(C(C)C)C(C)C. The lowest BCUT2D eigenvalue weighted by molar-refractivity contribution is -0.140. The number of rotatable bonds is 9. The van der Waals surface area contributed by atoms with Crippen molar-refractivity contribution < 1.29 is 9.53 Å². The van der Waals surface area contributed by atoms with E-state index in [1.807, 2.05) is 0 Å². The van der Waals surface area contributed by atoms with E-state index in [0.29, 0.717) is 41.6 Å². The Labute approximate surface area is 135 Å². The molecule has 0 fully saturated rings. The summed E-state index contributed by atoms with van der Waals surface area (Å²) in [5.41, 5.74) is -0.0305. The van der Waals surface area contributed by atoms with Crippen molar-refractivity contribution in [1.82, 2.24) is 9.34 Å². The standard InChI is InChI=1S/C15H34N2O2P2/c1-10(2)16(11(3)4)20-15(19-14(9)18)21-17(12(5)6)13(7)8/h10-13,15,20-21H,1-9H3. The van der Waals surface area contributed by atoms with Crippen LogP contribution in [-0.2, 0) is 9.53 Å². The van der Waals surface area contributed by atoms with Crippen molar-refractivity contribution in [2.24, 2.45) is 0 Å². The Morgan fingerprint density at radius 1 is 0.762 bits per heavy atom. The molecule has 0 radical (unpaired) electrons. The van der Waals surface area contributed by atoms with E-state index in [-0.39, 0.29) is 11.6 Å². The number of ether oxygens (including phenoxy) is 1. The molecule has 0 aliphatic heterocycles. The van der Waals surface area contributed by atoms with Gasteiger partial charge in [-0.3, -0.25) is 14.1 Å². The summed E-state index contributed by atoms with van der Waals surface area (Å²) < 4.78 is 10.4. The van der Waals surface area contributed by atoms with Crippen LogP contribution in [0.5, 0.6) is 0 Å². The molecule has 0 aromatic heterocycles. The number of hydrogen-bond acceptors (Lipinski definition) is 4. The van der Waals surface area contributed by atoms with Gasteiger partial charge in [0.05, 0.1) is 0 Å². The van der Waals surface area contributed by atoms with Crippen molar-refractivity contribution in [3.05, 3.63) is 0 Å². The van der Waals surface area contributed by atoms with E-state index >= 15 is 0 Å². The largest absolute Gasteiger partial charge is 0.451 e. The summed E-state index contributed by atoms with van der Waals surface area (Å²) in [5.74, 6) is -0.181. The normalized spacial score (nSPS) is 15.2. The zero-order valence-corrected chi connectivity index (χ0v) is 17.1. The predicted octanol–water partition coefficient (Wildman–Crippen LogP) is 4.26. The summed E-state index contributed by atoms with van der Waals surface area (Å²) in [6, 6.07) is 1.82. The van der Waals surface area contributed by atoms with Crippen LogP contribution in [0.25, 0.3) is 0 Å². The molecule has 0 spiro atoms. The van der Waals surface area contributed by atoms with Gasteiger partial charge in [0.25, 0.3) is 0 Å². The van der Waals surface area contributed by atoms with Gasteiger partial charge in [0.2, 0.25) is 0 Å². The van der Waals surface area contributed by atoms with Gasteiger partial charge in [0, 0.05) is 31.1 Å². The highest BCUT2D eigenvalue weighted by Crippen LogP contribution is 2.43. The molecule has 4 nitrogen and oxygen atoms in total. The molecular formula is C15H34N2O2P2. The van der Waals surface area contributed by atoms with Crippen LogP contribution in [0.3, 0.4) is 0 Å². The topological polar surface area (TPSA) is 32.8 Å². The van der Waals surface area contributed by atoms with Gasteiger partial charge in [-0.1, -0.05) is 0 Å². The van der Waals surface area contributed by atoms with Crippen LogP contribution in [0.15, 0.2) is 0 Å². The average Bonchev–Trinajstić information content (AvgIpc) is 2.29. The van der Waals surface area contributed by atoms with Crippen LogP contribution in [0, 0.1) is 0 Å². The Morgan fingerprint density at radius 2 is 1.05 bits per heavy atom. The highest BCUT2D eigenvalue weighted by molar-refractivity contribution is 7.54. The maximum Gasteiger partial charge on any atom is 0.303 e. The second kappa shape index (κ2) is 10.1. The molecule has 0 bridgehead atoms. The lowest BCUT2D eigenvalue weighted by Gasteiger charge is -2.37. The minimum absolute atomic E-state index is 0.0305. The fourth-order valence-corrected chi connectivity index (χ4v) is 5.60. The maximum absolute atomic E-state index is 11.4. The van der Waals surface area contributed by atoms with E-state index in [0.717, 1.165) is 0 Å². The first-order valence-corrected chi connectivity index (χ1v) is 9.87. The van der Waals surface area contributed by atoms with Gasteiger partial charge in [0.1, 0.15) is 0 Å². The first-order chi connectivity index (χ1) is 9.56. The first kappa shape index (κ1) is 21.2. The van der Waals surface area contributed by atoms with Gasteiger partial charge >= 0.3 is 5.97 Å². The minimum Gasteiger partial charge on any atom is -0.451 e. The summed E-state index contributed by atoms with van der Waals surface area (Å²) in [4.78, 5) is 11.4. The smallest absolute Gasteiger partial charge is 0.303 e. The molecule has 6 heteroatoms. The highest BCUT2D eigenvalue weighted by atomic mass is 31.1. The Bertz CT molecular complexity index is 272. The maximum atomic E-state index is 11.4. The van der Waals surface area contributed by atoms with Gasteiger partial charge in [-0.25, -0.2) is 0 Å². The summed E-state index contributed by atoms with van der Waals surface area (Å²) in [5, 5.41) is 0. The molecule has 21 heavy (non-hydrogen) atoms. The molecule has 2 atom stereocenters. The molecule has 0 aromatic carbocycles. The van der Waals surface area contributed by atoms with E-state index in [2.05, 4.69) is 64.7 Å². The monoisotopic (exact) mass is 336 g/mol. The van der Waals surface area contributed by atoms with Gasteiger partial charge in [0.15, 0.2) is 5.59 Å². The second-order valence-electron chi connectivity index (χ2n) is 6.44. The minimum atomic E-state index is -0.181. The molecule has 0 aliphatic rings. The quantitative estimate of drug-likeness (QED) is 0.465. The summed E-state index contributed by atoms with van der Waals surface area (Å²) >= 11 is 0. The zero-order valence-electron chi connectivity index (χ0n) is 15.1. The molecular weight excluding hydrogens is 302 g/mol. The molecule has 0 saturated heterocycles. The third-order valence-corrected chi connectivity index (χ3v) is 7.18. The number of nitrogens with zero attached hydrogens (tertiary/aromatic N) is 2. The molecule has 0 rings (SSSR count). The van der Waals surface area contributed by atoms with Gasteiger partial charge in [-0.15, -0.1) is 0 Å². The van der Waals surface area contributed by atoms with Crippen LogP contribution in [-0.4, -0.2) is 45.1 Å². The van der Waals surface area contributed by atoms with Crippen molar-refractivity contribution in [3.63, 3.8) is 0 Å². The van der Waals surface area contributed by atoms with Crippen molar-refractivity contribution >= 4 is 23.4 Å². The number of carbonyl (C=O) groups excluding carboxylic acids is 1. The Balaban J connectivity index is 4.97. The van der Waals surface area contributed by atoms with Crippen LogP contribution in [0.4, 0.5) is 0 Å². The Kier molecular flexibility index (Phi) is 10.2. The number of carbonyl (C=O) groups is 1. The van der Waals surface area contributed by atoms with E-state index in [9.17, 15) is 4.79 Å². The van der Waals surface area contributed by atoms with Crippen LogP contribution in [0.1, 0.15) is 62.3 Å². The van der Waals surface area contributed by atoms with Crippen LogP contribution < -0.4 is 0 Å². The van der Waals surface area contributed by atoms with E-state index in [4.69, 9.17) is 4.74 Å². The molecule has 2 unspecified atom stereocenters. The van der Waals surface area contributed by atoms with E-state index in [1.165, 1.54) is 6.92 Å². The summed E-state index contributed by atoms with van der Waals surface area (Å²) in [6.07, 6.45) is 0. The van der Waals surface area contributed by atoms with E-state index < -0.39 is 0 Å². The highest BCUT2D eigenvalue weighted by Gasteiger charge is 2.25. The van der Waals surface area contributed by atoms with Gasteiger partial charge < -0.3 is 4.74 Å². The number of esters is 1.